The number of rotatable bonds is 0. The molecule has 0 aromatic heterocycles. The molecule has 50 valence electrons. The fourth-order valence-electron chi connectivity index (χ4n) is 1.21. The maximum absolute atomic E-state index is 10.8. The lowest BCUT2D eigenvalue weighted by molar-refractivity contribution is 0.0400. The monoisotopic (exact) mass is 128 g/mol. The minimum atomic E-state index is 0.0810. The minimum absolute atomic E-state index is 0.0810. The van der Waals surface area contributed by atoms with Crippen molar-refractivity contribution in [2.45, 2.75) is 6.17 Å². The molecule has 2 saturated heterocycles. The van der Waals surface area contributed by atoms with Gasteiger partial charge in [0.25, 0.3) is 0 Å². The lowest BCUT2D eigenvalue weighted by Gasteiger charge is -2.42. The van der Waals surface area contributed by atoms with Gasteiger partial charge in [-0.25, -0.2) is 4.79 Å². The number of nitrogens with zero attached hydrogens (tertiary/aromatic N) is 2. The van der Waals surface area contributed by atoms with Crippen molar-refractivity contribution in [3.63, 3.8) is 0 Å². The summed E-state index contributed by atoms with van der Waals surface area (Å²) in [5, 5.41) is 0. The standard InChI is InChI=1S/C5H8N2O2/c1-6-4-2-9-3-7(4)5(6)8/h4H,2-3H2,1H3. The van der Waals surface area contributed by atoms with Gasteiger partial charge in [-0.1, -0.05) is 0 Å². The molecule has 2 heterocycles. The molecule has 0 aromatic carbocycles. The Morgan fingerprint density at radius 1 is 1.78 bits per heavy atom. The Hall–Kier alpha value is -0.770. The minimum Gasteiger partial charge on any atom is -0.357 e. The van der Waals surface area contributed by atoms with Crippen LogP contribution >= 0.6 is 0 Å². The molecule has 0 spiro atoms. The molecule has 0 bridgehead atoms. The van der Waals surface area contributed by atoms with Gasteiger partial charge in [-0.15, -0.1) is 0 Å². The third-order valence-electron chi connectivity index (χ3n) is 1.85. The average Bonchev–Trinajstić information content (AvgIpc) is 2.30. The molecular weight excluding hydrogens is 120 g/mol. The first-order valence-corrected chi connectivity index (χ1v) is 2.92. The van der Waals surface area contributed by atoms with Crippen LogP contribution in [0.1, 0.15) is 0 Å². The summed E-state index contributed by atoms with van der Waals surface area (Å²) in [6.07, 6.45) is 0.234. The Balaban J connectivity index is 2.14. The molecule has 0 N–H and O–H groups in total. The lowest BCUT2D eigenvalue weighted by Crippen LogP contribution is -2.63. The Morgan fingerprint density at radius 3 is 3.22 bits per heavy atom. The van der Waals surface area contributed by atoms with Crippen molar-refractivity contribution >= 4 is 6.03 Å². The highest BCUT2D eigenvalue weighted by Crippen LogP contribution is 2.23. The predicted molar refractivity (Wildman–Crippen MR) is 29.6 cm³/mol. The van der Waals surface area contributed by atoms with Crippen molar-refractivity contribution in [1.29, 1.82) is 0 Å². The molecule has 2 aliphatic rings. The first kappa shape index (κ1) is 5.05. The van der Waals surface area contributed by atoms with Crippen LogP contribution in [0.15, 0.2) is 0 Å². The van der Waals surface area contributed by atoms with E-state index in [1.54, 1.807) is 16.8 Å². The van der Waals surface area contributed by atoms with Gasteiger partial charge in [0.1, 0.15) is 12.9 Å². The molecule has 2 rings (SSSR count). The molecule has 2 fully saturated rings. The van der Waals surface area contributed by atoms with Gasteiger partial charge in [0.05, 0.1) is 6.61 Å². The van der Waals surface area contributed by atoms with E-state index >= 15 is 0 Å². The molecule has 0 aliphatic carbocycles. The number of carbonyl (C=O) groups is 1. The average molecular weight is 128 g/mol. The topological polar surface area (TPSA) is 32.8 Å². The molecule has 2 amide bonds. The van der Waals surface area contributed by atoms with E-state index in [4.69, 9.17) is 4.74 Å². The number of carbonyl (C=O) groups excluding carboxylic acids is 1. The summed E-state index contributed by atoms with van der Waals surface area (Å²) < 4.78 is 5.04. The number of fused-ring (bicyclic) bond motifs is 1. The largest absolute Gasteiger partial charge is 0.357 e. The maximum atomic E-state index is 10.8. The summed E-state index contributed by atoms with van der Waals surface area (Å²) in [5.74, 6) is 0. The van der Waals surface area contributed by atoms with Gasteiger partial charge in [-0.2, -0.15) is 0 Å². The molecule has 0 aromatic rings. The fourth-order valence-corrected chi connectivity index (χ4v) is 1.21. The Labute approximate surface area is 53.0 Å². The molecule has 4 nitrogen and oxygen atoms in total. The van der Waals surface area contributed by atoms with Crippen LogP contribution in [0.2, 0.25) is 0 Å². The SMILES string of the molecule is CN1C(=O)N2COCC12. The molecule has 1 atom stereocenters. The quantitative estimate of drug-likeness (QED) is 0.447. The summed E-state index contributed by atoms with van der Waals surface area (Å²) in [6.45, 7) is 1.15. The van der Waals surface area contributed by atoms with E-state index in [9.17, 15) is 4.79 Å². The molecule has 9 heavy (non-hydrogen) atoms. The zero-order valence-corrected chi connectivity index (χ0v) is 5.20. The summed E-state index contributed by atoms with van der Waals surface area (Å²) in [5.41, 5.74) is 0. The van der Waals surface area contributed by atoms with Crippen LogP contribution in [-0.4, -0.2) is 42.4 Å². The van der Waals surface area contributed by atoms with E-state index in [1.807, 2.05) is 0 Å². The lowest BCUT2D eigenvalue weighted by atomic mass is 10.3. The van der Waals surface area contributed by atoms with Gasteiger partial charge in [-0.3, -0.25) is 4.90 Å². The van der Waals surface area contributed by atoms with Crippen LogP contribution in [0.5, 0.6) is 0 Å². The second kappa shape index (κ2) is 1.39. The van der Waals surface area contributed by atoms with Gasteiger partial charge >= 0.3 is 6.03 Å². The highest BCUT2D eigenvalue weighted by atomic mass is 16.5. The van der Waals surface area contributed by atoms with Crippen molar-refractivity contribution in [2.75, 3.05) is 20.4 Å². The highest BCUT2D eigenvalue weighted by Gasteiger charge is 2.45. The summed E-state index contributed by atoms with van der Waals surface area (Å²) in [4.78, 5) is 14.2. The van der Waals surface area contributed by atoms with Gasteiger partial charge in [-0.05, 0) is 0 Å². The van der Waals surface area contributed by atoms with Crippen LogP contribution in [0, 0.1) is 0 Å². The Bertz CT molecular complexity index is 159. The van der Waals surface area contributed by atoms with Crippen LogP contribution in [0.4, 0.5) is 4.79 Å². The number of urea groups is 1. The number of ether oxygens (including phenoxy) is 1. The normalized spacial score (nSPS) is 32.6. The van der Waals surface area contributed by atoms with Crippen molar-refractivity contribution in [2.24, 2.45) is 0 Å². The van der Waals surface area contributed by atoms with Gasteiger partial charge < -0.3 is 9.64 Å². The maximum Gasteiger partial charge on any atom is 0.325 e. The Morgan fingerprint density at radius 2 is 2.56 bits per heavy atom. The summed E-state index contributed by atoms with van der Waals surface area (Å²) in [7, 11) is 1.79. The third-order valence-corrected chi connectivity index (χ3v) is 1.85. The number of likely N-dealkylation sites (N-methyl/N-ethyl adjacent to an activating group) is 1. The van der Waals surface area contributed by atoms with E-state index in [2.05, 4.69) is 0 Å². The van der Waals surface area contributed by atoms with Crippen LogP contribution < -0.4 is 0 Å². The van der Waals surface area contributed by atoms with Gasteiger partial charge in [0.2, 0.25) is 0 Å². The third kappa shape index (κ3) is 0.439. The second-order valence-corrected chi connectivity index (χ2v) is 2.34. The smallest absolute Gasteiger partial charge is 0.325 e. The van der Waals surface area contributed by atoms with Crippen molar-refractivity contribution < 1.29 is 9.53 Å². The molecule has 0 saturated carbocycles. The molecule has 1 unspecified atom stereocenters. The summed E-state index contributed by atoms with van der Waals surface area (Å²) in [6, 6.07) is 0.0810. The van der Waals surface area contributed by atoms with Gasteiger partial charge in [0, 0.05) is 7.05 Å². The Kier molecular flexibility index (Phi) is 0.778. The molecule has 4 heteroatoms. The van der Waals surface area contributed by atoms with E-state index in [0.717, 1.165) is 0 Å². The molecule has 0 radical (unpaired) electrons. The fraction of sp³-hybridized carbons (Fsp3) is 0.800. The highest BCUT2D eigenvalue weighted by molar-refractivity contribution is 5.80. The first-order chi connectivity index (χ1) is 4.30. The first-order valence-electron chi connectivity index (χ1n) is 2.92. The van der Waals surface area contributed by atoms with Crippen LogP contribution in [0.25, 0.3) is 0 Å². The van der Waals surface area contributed by atoms with Crippen molar-refractivity contribution in [1.82, 2.24) is 9.80 Å². The van der Waals surface area contributed by atoms with E-state index in [0.29, 0.717) is 13.3 Å². The van der Waals surface area contributed by atoms with Gasteiger partial charge in [0.15, 0.2) is 0 Å². The van der Waals surface area contributed by atoms with E-state index in [1.165, 1.54) is 0 Å². The molecular formula is C5H8N2O2. The number of hydrogen-bond donors (Lipinski definition) is 0. The van der Waals surface area contributed by atoms with E-state index < -0.39 is 0 Å². The number of hydrogen-bond acceptors (Lipinski definition) is 2. The van der Waals surface area contributed by atoms with Crippen LogP contribution in [0.3, 0.4) is 0 Å². The molecule has 2 aliphatic heterocycles. The van der Waals surface area contributed by atoms with E-state index in [-0.39, 0.29) is 12.2 Å². The number of amides is 2. The second-order valence-electron chi connectivity index (χ2n) is 2.34. The predicted octanol–water partition coefficient (Wildman–Crippen LogP) is -0.332. The van der Waals surface area contributed by atoms with Crippen molar-refractivity contribution in [3.05, 3.63) is 0 Å². The zero-order chi connectivity index (χ0) is 6.43. The summed E-state index contributed by atoms with van der Waals surface area (Å²) >= 11 is 0. The zero-order valence-electron chi connectivity index (χ0n) is 5.20. The van der Waals surface area contributed by atoms with Crippen molar-refractivity contribution in [3.8, 4) is 0 Å². The van der Waals surface area contributed by atoms with Crippen LogP contribution in [-0.2, 0) is 4.74 Å².